The van der Waals surface area contributed by atoms with Crippen LogP contribution in [0, 0.1) is 23.0 Å². The van der Waals surface area contributed by atoms with Gasteiger partial charge in [0.2, 0.25) is 0 Å². The average molecular weight is 423 g/mol. The summed E-state index contributed by atoms with van der Waals surface area (Å²) in [5, 5.41) is 9.70. The Hall–Kier alpha value is -3.44. The van der Waals surface area contributed by atoms with E-state index in [2.05, 4.69) is 9.88 Å². The van der Waals surface area contributed by atoms with Gasteiger partial charge in [-0.25, -0.2) is 8.78 Å². The molecule has 0 aliphatic carbocycles. The minimum Gasteiger partial charge on any atom is -0.398 e. The summed E-state index contributed by atoms with van der Waals surface area (Å²) in [5.74, 6) is -0.893. The van der Waals surface area contributed by atoms with Gasteiger partial charge in [0.05, 0.1) is 22.7 Å². The molecule has 31 heavy (non-hydrogen) atoms. The maximum absolute atomic E-state index is 14.2. The molecule has 1 aromatic heterocycles. The zero-order chi connectivity index (χ0) is 22.0. The summed E-state index contributed by atoms with van der Waals surface area (Å²) in [4.78, 5) is 19.4. The number of aromatic nitrogens is 1. The van der Waals surface area contributed by atoms with E-state index in [1.165, 1.54) is 18.2 Å². The Morgan fingerprint density at radius 1 is 1.06 bits per heavy atom. The van der Waals surface area contributed by atoms with E-state index in [1.54, 1.807) is 12.1 Å². The molecule has 0 atom stereocenters. The van der Waals surface area contributed by atoms with Crippen LogP contribution in [0.3, 0.4) is 0 Å². The van der Waals surface area contributed by atoms with Crippen molar-refractivity contribution in [2.75, 3.05) is 43.4 Å². The van der Waals surface area contributed by atoms with Crippen molar-refractivity contribution in [1.29, 1.82) is 5.26 Å². The second-order valence-electron chi connectivity index (χ2n) is 7.79. The number of H-pyrrole nitrogens is 1. The summed E-state index contributed by atoms with van der Waals surface area (Å²) >= 11 is 0. The number of piperazine rings is 1. The number of pyridine rings is 1. The molecule has 6 nitrogen and oxygen atoms in total. The molecule has 8 heteroatoms. The first-order valence-corrected chi connectivity index (χ1v) is 10.2. The van der Waals surface area contributed by atoms with E-state index >= 15 is 0 Å². The molecule has 1 fully saturated rings. The van der Waals surface area contributed by atoms with Gasteiger partial charge in [-0.05, 0) is 55.8 Å². The number of nitrogens with zero attached hydrogens (tertiary/aromatic N) is 3. The van der Waals surface area contributed by atoms with Gasteiger partial charge in [0.25, 0.3) is 5.56 Å². The van der Waals surface area contributed by atoms with Crippen molar-refractivity contribution < 1.29 is 8.78 Å². The number of aryl methyl sites for hydroxylation is 1. The topological polar surface area (TPSA) is 89.2 Å². The van der Waals surface area contributed by atoms with E-state index in [-0.39, 0.29) is 22.5 Å². The Morgan fingerprint density at radius 3 is 2.55 bits per heavy atom. The molecule has 3 N–H and O–H groups in total. The van der Waals surface area contributed by atoms with Gasteiger partial charge in [-0.1, -0.05) is 0 Å². The number of nitrogens with two attached hydrogens (primary N) is 1. The van der Waals surface area contributed by atoms with Crippen LogP contribution in [0.25, 0.3) is 10.8 Å². The summed E-state index contributed by atoms with van der Waals surface area (Å²) in [7, 11) is 0. The summed E-state index contributed by atoms with van der Waals surface area (Å²) in [5.41, 5.74) is 7.42. The fourth-order valence-electron chi connectivity index (χ4n) is 4.08. The van der Waals surface area contributed by atoms with Crippen molar-refractivity contribution in [3.05, 3.63) is 69.6 Å². The molecule has 160 valence electrons. The van der Waals surface area contributed by atoms with E-state index in [0.717, 1.165) is 31.7 Å². The number of benzene rings is 2. The molecule has 0 radical (unpaired) electrons. The summed E-state index contributed by atoms with van der Waals surface area (Å²) < 4.78 is 27.7. The van der Waals surface area contributed by atoms with Crippen LogP contribution in [-0.4, -0.2) is 42.6 Å². The van der Waals surface area contributed by atoms with Crippen LogP contribution >= 0.6 is 0 Å². The van der Waals surface area contributed by atoms with E-state index in [0.29, 0.717) is 36.1 Å². The first-order chi connectivity index (χ1) is 14.9. The predicted molar refractivity (Wildman–Crippen MR) is 117 cm³/mol. The van der Waals surface area contributed by atoms with E-state index < -0.39 is 5.82 Å². The molecule has 1 aliphatic rings. The van der Waals surface area contributed by atoms with E-state index in [1.807, 2.05) is 17.0 Å². The zero-order valence-corrected chi connectivity index (χ0v) is 17.0. The number of halogens is 2. The van der Waals surface area contributed by atoms with Gasteiger partial charge < -0.3 is 15.6 Å². The third kappa shape index (κ3) is 4.52. The van der Waals surface area contributed by atoms with Crippen LogP contribution in [-0.2, 0) is 6.42 Å². The fraction of sp³-hybridized carbons (Fsp3) is 0.304. The molecule has 0 amide bonds. The average Bonchev–Trinajstić information content (AvgIpc) is 2.75. The third-order valence-corrected chi connectivity index (χ3v) is 5.72. The second-order valence-corrected chi connectivity index (χ2v) is 7.79. The molecular formula is C23H23F2N5O. The van der Waals surface area contributed by atoms with Gasteiger partial charge in [0, 0.05) is 42.9 Å². The lowest BCUT2D eigenvalue weighted by Gasteiger charge is -2.36. The number of hydrogen-bond donors (Lipinski definition) is 2. The lowest BCUT2D eigenvalue weighted by atomic mass is 10.1. The van der Waals surface area contributed by atoms with Crippen LogP contribution in [0.5, 0.6) is 0 Å². The standard InChI is InChI=1S/C23H23F2N5O/c24-16-11-19-18(21(27)12-16)13-17(28-23(19)31)2-1-5-29-6-8-30(9-7-29)22-4-3-15(14-26)10-20(22)25/h3-4,10-13H,1-2,5-9,27H2,(H,28,31). The van der Waals surface area contributed by atoms with Crippen LogP contribution in [0.2, 0.25) is 0 Å². The lowest BCUT2D eigenvalue weighted by Crippen LogP contribution is -2.47. The number of fused-ring (bicyclic) bond motifs is 1. The first-order valence-electron chi connectivity index (χ1n) is 10.2. The SMILES string of the molecule is N#Cc1ccc(N2CCN(CCCc3cc4c(N)cc(F)cc4c(=O)[nH]3)CC2)c(F)c1. The van der Waals surface area contributed by atoms with Gasteiger partial charge in [-0.2, -0.15) is 5.26 Å². The molecule has 0 unspecified atom stereocenters. The van der Waals surface area contributed by atoms with Crippen LogP contribution in [0.1, 0.15) is 17.7 Å². The summed E-state index contributed by atoms with van der Waals surface area (Å²) in [6.07, 6.45) is 1.51. The Morgan fingerprint density at radius 2 is 1.84 bits per heavy atom. The highest BCUT2D eigenvalue weighted by Crippen LogP contribution is 2.23. The Labute approximate surface area is 178 Å². The Bertz CT molecular complexity index is 1210. The van der Waals surface area contributed by atoms with Gasteiger partial charge >= 0.3 is 0 Å². The second kappa shape index (κ2) is 8.74. The van der Waals surface area contributed by atoms with Gasteiger partial charge in [-0.3, -0.25) is 9.69 Å². The van der Waals surface area contributed by atoms with Crippen LogP contribution in [0.4, 0.5) is 20.2 Å². The molecule has 4 rings (SSSR count). The molecule has 1 saturated heterocycles. The summed E-state index contributed by atoms with van der Waals surface area (Å²) in [6, 6.07) is 10.8. The molecule has 3 aromatic rings. The number of rotatable bonds is 5. The molecule has 2 aromatic carbocycles. The number of nitrogens with one attached hydrogen (secondary N) is 1. The number of hydrogen-bond acceptors (Lipinski definition) is 5. The minimum absolute atomic E-state index is 0.257. The maximum atomic E-state index is 14.2. The summed E-state index contributed by atoms with van der Waals surface area (Å²) in [6.45, 7) is 3.87. The molecule has 2 heterocycles. The third-order valence-electron chi connectivity index (χ3n) is 5.72. The smallest absolute Gasteiger partial charge is 0.256 e. The zero-order valence-electron chi connectivity index (χ0n) is 17.0. The van der Waals surface area contributed by atoms with Crippen LogP contribution < -0.4 is 16.2 Å². The Balaban J connectivity index is 1.33. The monoisotopic (exact) mass is 423 g/mol. The minimum atomic E-state index is -0.525. The first kappa shape index (κ1) is 20.8. The van der Waals surface area contributed by atoms with Crippen molar-refractivity contribution in [2.24, 2.45) is 0 Å². The fourth-order valence-corrected chi connectivity index (χ4v) is 4.08. The van der Waals surface area contributed by atoms with Crippen molar-refractivity contribution >= 4 is 22.1 Å². The van der Waals surface area contributed by atoms with Crippen molar-refractivity contribution in [2.45, 2.75) is 12.8 Å². The van der Waals surface area contributed by atoms with Gasteiger partial charge in [-0.15, -0.1) is 0 Å². The highest BCUT2D eigenvalue weighted by atomic mass is 19.1. The van der Waals surface area contributed by atoms with Crippen LogP contribution in [0.15, 0.2) is 41.2 Å². The van der Waals surface area contributed by atoms with Crippen molar-refractivity contribution in [3.8, 4) is 6.07 Å². The lowest BCUT2D eigenvalue weighted by molar-refractivity contribution is 0.254. The quantitative estimate of drug-likeness (QED) is 0.616. The van der Waals surface area contributed by atoms with E-state index in [4.69, 9.17) is 11.0 Å². The number of nitrogen functional groups attached to an aromatic ring is 1. The van der Waals surface area contributed by atoms with Crippen molar-refractivity contribution in [1.82, 2.24) is 9.88 Å². The largest absolute Gasteiger partial charge is 0.398 e. The number of nitriles is 1. The highest BCUT2D eigenvalue weighted by Gasteiger charge is 2.19. The normalized spacial score (nSPS) is 14.7. The Kier molecular flexibility index (Phi) is 5.87. The molecule has 0 saturated carbocycles. The molecule has 0 bridgehead atoms. The number of anilines is 2. The maximum Gasteiger partial charge on any atom is 0.256 e. The predicted octanol–water partition coefficient (Wildman–Crippen LogP) is 3.01. The van der Waals surface area contributed by atoms with Crippen molar-refractivity contribution in [3.63, 3.8) is 0 Å². The molecule has 0 spiro atoms. The number of aromatic amines is 1. The van der Waals surface area contributed by atoms with Gasteiger partial charge in [0.15, 0.2) is 0 Å². The van der Waals surface area contributed by atoms with Gasteiger partial charge in [0.1, 0.15) is 11.6 Å². The highest BCUT2D eigenvalue weighted by molar-refractivity contribution is 5.92. The van der Waals surface area contributed by atoms with E-state index in [9.17, 15) is 13.6 Å². The molecular weight excluding hydrogens is 400 g/mol. The molecule has 1 aliphatic heterocycles.